The van der Waals surface area contributed by atoms with Crippen molar-refractivity contribution >= 4 is 22.8 Å². The van der Waals surface area contributed by atoms with E-state index in [0.29, 0.717) is 17.0 Å². The molecule has 0 aliphatic rings. The summed E-state index contributed by atoms with van der Waals surface area (Å²) >= 11 is 0. The number of rotatable bonds is 3. The number of carboxylic acids is 1. The minimum Gasteiger partial charge on any atom is -0.478 e. The SMILES string of the molecule is CN(C)c1cccc(-c2nc3nccc(C(=O)O)c3[nH]2)c1. The first-order valence-corrected chi connectivity index (χ1v) is 6.42. The molecule has 3 rings (SSSR count). The third-order valence-corrected chi connectivity index (χ3v) is 3.26. The maximum atomic E-state index is 11.2. The second-order valence-electron chi connectivity index (χ2n) is 4.89. The van der Waals surface area contributed by atoms with Gasteiger partial charge < -0.3 is 15.0 Å². The zero-order valence-electron chi connectivity index (χ0n) is 11.7. The Bertz CT molecular complexity index is 823. The quantitative estimate of drug-likeness (QED) is 0.770. The van der Waals surface area contributed by atoms with E-state index < -0.39 is 5.97 Å². The molecule has 3 aromatic rings. The molecule has 0 unspecified atom stereocenters. The molecule has 106 valence electrons. The van der Waals surface area contributed by atoms with E-state index in [-0.39, 0.29) is 5.56 Å². The van der Waals surface area contributed by atoms with Gasteiger partial charge in [-0.25, -0.2) is 14.8 Å². The van der Waals surface area contributed by atoms with E-state index in [2.05, 4.69) is 15.0 Å². The highest BCUT2D eigenvalue weighted by atomic mass is 16.4. The third-order valence-electron chi connectivity index (χ3n) is 3.26. The van der Waals surface area contributed by atoms with Crippen molar-refractivity contribution in [3.05, 3.63) is 42.1 Å². The molecule has 2 N–H and O–H groups in total. The summed E-state index contributed by atoms with van der Waals surface area (Å²) in [5, 5.41) is 9.20. The van der Waals surface area contributed by atoms with Crippen LogP contribution in [0.2, 0.25) is 0 Å². The van der Waals surface area contributed by atoms with Crippen molar-refractivity contribution in [1.82, 2.24) is 15.0 Å². The lowest BCUT2D eigenvalue weighted by molar-refractivity contribution is 0.0698. The number of benzene rings is 1. The largest absolute Gasteiger partial charge is 0.478 e. The number of fused-ring (bicyclic) bond motifs is 1. The second kappa shape index (κ2) is 4.90. The molecule has 2 heterocycles. The van der Waals surface area contributed by atoms with E-state index in [9.17, 15) is 9.90 Å². The van der Waals surface area contributed by atoms with Gasteiger partial charge in [0.05, 0.1) is 11.1 Å². The zero-order valence-corrected chi connectivity index (χ0v) is 11.7. The normalized spacial score (nSPS) is 10.8. The fraction of sp³-hybridized carbons (Fsp3) is 0.133. The van der Waals surface area contributed by atoms with Gasteiger partial charge >= 0.3 is 5.97 Å². The van der Waals surface area contributed by atoms with Gasteiger partial charge in [0.15, 0.2) is 5.65 Å². The predicted octanol–water partition coefficient (Wildman–Crippen LogP) is 2.39. The van der Waals surface area contributed by atoms with E-state index in [1.54, 1.807) is 0 Å². The number of H-pyrrole nitrogens is 1. The average Bonchev–Trinajstić information content (AvgIpc) is 2.91. The number of imidazole rings is 1. The Balaban J connectivity index is 2.15. The van der Waals surface area contributed by atoms with Gasteiger partial charge in [0.1, 0.15) is 5.82 Å². The van der Waals surface area contributed by atoms with E-state index in [1.165, 1.54) is 12.3 Å². The summed E-state index contributed by atoms with van der Waals surface area (Å²) in [5.41, 5.74) is 2.94. The summed E-state index contributed by atoms with van der Waals surface area (Å²) in [6, 6.07) is 9.29. The Morgan fingerprint density at radius 3 is 2.81 bits per heavy atom. The number of hydrogen-bond acceptors (Lipinski definition) is 4. The predicted molar refractivity (Wildman–Crippen MR) is 80.6 cm³/mol. The number of pyridine rings is 1. The standard InChI is InChI=1S/C15H14N4O2/c1-19(2)10-5-3-4-9(8-10)13-17-12-11(15(20)21)6-7-16-14(12)18-13/h3-8H,1-2H3,(H,20,21)(H,16,17,18). The maximum Gasteiger partial charge on any atom is 0.338 e. The number of hydrogen-bond donors (Lipinski definition) is 2. The molecule has 0 saturated heterocycles. The summed E-state index contributed by atoms with van der Waals surface area (Å²) in [7, 11) is 3.92. The van der Waals surface area contributed by atoms with Gasteiger partial charge in [-0.05, 0) is 18.2 Å². The van der Waals surface area contributed by atoms with Gasteiger partial charge in [0.2, 0.25) is 0 Å². The van der Waals surface area contributed by atoms with Crippen molar-refractivity contribution in [2.75, 3.05) is 19.0 Å². The molecule has 0 fully saturated rings. The lowest BCUT2D eigenvalue weighted by atomic mass is 10.2. The van der Waals surface area contributed by atoms with Crippen LogP contribution in [-0.4, -0.2) is 40.1 Å². The van der Waals surface area contributed by atoms with Crippen LogP contribution >= 0.6 is 0 Å². The minimum absolute atomic E-state index is 0.169. The maximum absolute atomic E-state index is 11.2. The molecular weight excluding hydrogens is 268 g/mol. The molecule has 0 atom stereocenters. The highest BCUT2D eigenvalue weighted by molar-refractivity contribution is 6.00. The van der Waals surface area contributed by atoms with Crippen molar-refractivity contribution in [3.63, 3.8) is 0 Å². The van der Waals surface area contributed by atoms with Gasteiger partial charge in [-0.15, -0.1) is 0 Å². The molecule has 21 heavy (non-hydrogen) atoms. The van der Waals surface area contributed by atoms with Crippen LogP contribution < -0.4 is 4.90 Å². The molecule has 0 amide bonds. The molecule has 0 bridgehead atoms. The molecule has 0 saturated carbocycles. The molecule has 6 nitrogen and oxygen atoms in total. The van der Waals surface area contributed by atoms with Crippen molar-refractivity contribution in [2.45, 2.75) is 0 Å². The number of aromatic nitrogens is 3. The van der Waals surface area contributed by atoms with E-state index in [4.69, 9.17) is 0 Å². The van der Waals surface area contributed by atoms with Crippen molar-refractivity contribution in [2.24, 2.45) is 0 Å². The molecule has 2 aromatic heterocycles. The average molecular weight is 282 g/mol. The van der Waals surface area contributed by atoms with Crippen LogP contribution in [0.25, 0.3) is 22.6 Å². The fourth-order valence-electron chi connectivity index (χ4n) is 2.16. The Kier molecular flexibility index (Phi) is 3.06. The summed E-state index contributed by atoms with van der Waals surface area (Å²) in [6.07, 6.45) is 1.45. The first-order chi connectivity index (χ1) is 10.1. The highest BCUT2D eigenvalue weighted by Gasteiger charge is 2.14. The summed E-state index contributed by atoms with van der Waals surface area (Å²) in [5.74, 6) is -0.394. The Morgan fingerprint density at radius 2 is 2.10 bits per heavy atom. The number of anilines is 1. The number of carboxylic acid groups (broad SMARTS) is 1. The molecule has 0 aliphatic heterocycles. The summed E-state index contributed by atoms with van der Waals surface area (Å²) in [6.45, 7) is 0. The molecule has 1 aromatic carbocycles. The van der Waals surface area contributed by atoms with Crippen molar-refractivity contribution < 1.29 is 9.90 Å². The summed E-state index contributed by atoms with van der Waals surface area (Å²) in [4.78, 5) is 24.8. The van der Waals surface area contributed by atoms with Gasteiger partial charge in [-0.2, -0.15) is 0 Å². The number of aromatic carboxylic acids is 1. The van der Waals surface area contributed by atoms with Crippen LogP contribution in [0.4, 0.5) is 5.69 Å². The Morgan fingerprint density at radius 1 is 1.29 bits per heavy atom. The number of carbonyl (C=O) groups is 1. The van der Waals surface area contributed by atoms with Crippen LogP contribution in [0.5, 0.6) is 0 Å². The van der Waals surface area contributed by atoms with Gasteiger partial charge in [-0.1, -0.05) is 12.1 Å². The smallest absolute Gasteiger partial charge is 0.338 e. The molecule has 6 heteroatoms. The molecular formula is C15H14N4O2. The first kappa shape index (κ1) is 13.1. The lowest BCUT2D eigenvalue weighted by Gasteiger charge is -2.12. The fourth-order valence-corrected chi connectivity index (χ4v) is 2.16. The highest BCUT2D eigenvalue weighted by Crippen LogP contribution is 2.24. The van der Waals surface area contributed by atoms with E-state index in [1.807, 2.05) is 43.3 Å². The molecule has 0 radical (unpaired) electrons. The second-order valence-corrected chi connectivity index (χ2v) is 4.89. The van der Waals surface area contributed by atoms with Crippen LogP contribution in [0.1, 0.15) is 10.4 Å². The van der Waals surface area contributed by atoms with Gasteiger partial charge in [-0.3, -0.25) is 0 Å². The topological polar surface area (TPSA) is 82.1 Å². The Hall–Kier alpha value is -2.89. The van der Waals surface area contributed by atoms with Crippen LogP contribution in [0, 0.1) is 0 Å². The van der Waals surface area contributed by atoms with Crippen molar-refractivity contribution in [1.29, 1.82) is 0 Å². The number of aromatic amines is 1. The van der Waals surface area contributed by atoms with E-state index >= 15 is 0 Å². The summed E-state index contributed by atoms with van der Waals surface area (Å²) < 4.78 is 0. The van der Waals surface area contributed by atoms with Gasteiger partial charge in [0.25, 0.3) is 0 Å². The van der Waals surface area contributed by atoms with Crippen LogP contribution in [0.3, 0.4) is 0 Å². The zero-order chi connectivity index (χ0) is 15.0. The first-order valence-electron chi connectivity index (χ1n) is 6.42. The molecule has 0 aliphatic carbocycles. The third kappa shape index (κ3) is 2.31. The van der Waals surface area contributed by atoms with Crippen LogP contribution in [-0.2, 0) is 0 Å². The Labute approximate surface area is 121 Å². The monoisotopic (exact) mass is 282 g/mol. The van der Waals surface area contributed by atoms with Crippen LogP contribution in [0.15, 0.2) is 36.5 Å². The number of nitrogens with zero attached hydrogens (tertiary/aromatic N) is 3. The van der Waals surface area contributed by atoms with E-state index in [0.717, 1.165) is 11.3 Å². The van der Waals surface area contributed by atoms with Crippen molar-refractivity contribution in [3.8, 4) is 11.4 Å². The number of nitrogens with one attached hydrogen (secondary N) is 1. The van der Waals surface area contributed by atoms with Gasteiger partial charge in [0, 0.05) is 31.5 Å². The lowest BCUT2D eigenvalue weighted by Crippen LogP contribution is -2.08. The molecule has 0 spiro atoms. The minimum atomic E-state index is -1.00.